The van der Waals surface area contributed by atoms with Crippen molar-refractivity contribution in [3.8, 4) is 0 Å². The molecule has 1 unspecified atom stereocenters. The molecule has 1 fully saturated rings. The number of hydrogen-bond acceptors (Lipinski definition) is 3. The highest BCUT2D eigenvalue weighted by atomic mass is 16.3. The van der Waals surface area contributed by atoms with Gasteiger partial charge in [0.25, 0.3) is 5.91 Å². The first-order valence-electron chi connectivity index (χ1n) is 4.67. The number of aliphatic hydroxyl groups excluding tert-OH is 1. The molecule has 2 N–H and O–H groups in total. The van der Waals surface area contributed by atoms with Crippen molar-refractivity contribution in [3.63, 3.8) is 0 Å². The summed E-state index contributed by atoms with van der Waals surface area (Å²) in [7, 11) is 1.67. The van der Waals surface area contributed by atoms with E-state index in [2.05, 4.69) is 5.32 Å². The maximum Gasteiger partial charge on any atom is 0.274 e. The molecule has 2 heterocycles. The molecule has 2 aliphatic rings. The molecule has 0 aliphatic carbocycles. The van der Waals surface area contributed by atoms with Crippen LogP contribution in [0.25, 0.3) is 0 Å². The van der Waals surface area contributed by atoms with Crippen molar-refractivity contribution in [2.75, 3.05) is 13.6 Å². The lowest BCUT2D eigenvalue weighted by atomic mass is 10.0. The Balaban J connectivity index is 2.28. The highest BCUT2D eigenvalue weighted by molar-refractivity contribution is 5.96. The van der Waals surface area contributed by atoms with Crippen molar-refractivity contribution in [2.24, 2.45) is 0 Å². The zero-order valence-electron chi connectivity index (χ0n) is 7.71. The van der Waals surface area contributed by atoms with E-state index >= 15 is 0 Å². The molecule has 0 aromatic rings. The Kier molecular flexibility index (Phi) is 1.90. The molecular weight excluding hydrogens is 168 g/mol. The zero-order valence-corrected chi connectivity index (χ0v) is 7.71. The molecule has 4 heteroatoms. The normalized spacial score (nSPS) is 27.9. The molecule has 0 aromatic heterocycles. The van der Waals surface area contributed by atoms with Gasteiger partial charge in [-0.25, -0.2) is 0 Å². The first-order valence-corrected chi connectivity index (χ1v) is 4.67. The second-order valence-corrected chi connectivity index (χ2v) is 3.52. The Hall–Kier alpha value is -1.19. The zero-order chi connectivity index (χ0) is 9.42. The van der Waals surface area contributed by atoms with Crippen LogP contribution in [0, 0.1) is 0 Å². The molecule has 0 bridgehead atoms. The van der Waals surface area contributed by atoms with E-state index in [1.807, 2.05) is 0 Å². The second kappa shape index (κ2) is 2.94. The van der Waals surface area contributed by atoms with Gasteiger partial charge in [0.1, 0.15) is 11.5 Å². The topological polar surface area (TPSA) is 52.6 Å². The number of aliphatic hydroxyl groups is 1. The number of rotatable bonds is 1. The van der Waals surface area contributed by atoms with Crippen molar-refractivity contribution in [1.29, 1.82) is 0 Å². The summed E-state index contributed by atoms with van der Waals surface area (Å²) in [5.74, 6) is 0.178. The van der Waals surface area contributed by atoms with E-state index in [9.17, 15) is 9.90 Å². The molecule has 2 aliphatic heterocycles. The van der Waals surface area contributed by atoms with E-state index in [0.29, 0.717) is 5.70 Å². The summed E-state index contributed by atoms with van der Waals surface area (Å²) < 4.78 is 0. The van der Waals surface area contributed by atoms with Gasteiger partial charge in [0.2, 0.25) is 0 Å². The minimum Gasteiger partial charge on any atom is -0.508 e. The molecular formula is C9H14N2O2. The first-order chi connectivity index (χ1) is 6.25. The Bertz CT molecular complexity index is 273. The molecule has 13 heavy (non-hydrogen) atoms. The predicted octanol–water partition coefficient (Wildman–Crippen LogP) is 0.370. The molecule has 72 valence electrons. The largest absolute Gasteiger partial charge is 0.508 e. The fourth-order valence-corrected chi connectivity index (χ4v) is 2.11. The van der Waals surface area contributed by atoms with Crippen molar-refractivity contribution >= 4 is 5.91 Å². The van der Waals surface area contributed by atoms with E-state index in [4.69, 9.17) is 0 Å². The van der Waals surface area contributed by atoms with E-state index in [-0.39, 0.29) is 17.7 Å². The molecule has 1 amide bonds. The predicted molar refractivity (Wildman–Crippen MR) is 48.1 cm³/mol. The second-order valence-electron chi connectivity index (χ2n) is 3.52. The van der Waals surface area contributed by atoms with Crippen LogP contribution in [0.15, 0.2) is 11.5 Å². The maximum atomic E-state index is 11.6. The van der Waals surface area contributed by atoms with Gasteiger partial charge in [-0.1, -0.05) is 0 Å². The lowest BCUT2D eigenvalue weighted by molar-refractivity contribution is -0.128. The number of carbonyl (C=O) groups is 1. The third kappa shape index (κ3) is 1.08. The maximum absolute atomic E-state index is 11.6. The van der Waals surface area contributed by atoms with Gasteiger partial charge in [0.05, 0.1) is 6.04 Å². The van der Waals surface area contributed by atoms with Gasteiger partial charge >= 0.3 is 0 Å². The fraction of sp³-hybridized carbons (Fsp3) is 0.667. The summed E-state index contributed by atoms with van der Waals surface area (Å²) in [6.07, 6.45) is 3.03. The molecule has 2 rings (SSSR count). The minimum atomic E-state index is -0.0521. The number of nitrogens with zero attached hydrogens (tertiary/aromatic N) is 1. The summed E-state index contributed by atoms with van der Waals surface area (Å²) in [6, 6.07) is -0.0521. The van der Waals surface area contributed by atoms with E-state index in [1.165, 1.54) is 0 Å². The summed E-state index contributed by atoms with van der Waals surface area (Å²) in [5.41, 5.74) is 0.381. The van der Waals surface area contributed by atoms with E-state index < -0.39 is 0 Å². The smallest absolute Gasteiger partial charge is 0.274 e. The molecule has 1 atom stereocenters. The van der Waals surface area contributed by atoms with E-state index in [1.54, 1.807) is 11.9 Å². The third-order valence-electron chi connectivity index (χ3n) is 2.80. The Morgan fingerprint density at radius 3 is 2.92 bits per heavy atom. The van der Waals surface area contributed by atoms with Gasteiger partial charge < -0.3 is 15.3 Å². The van der Waals surface area contributed by atoms with Crippen molar-refractivity contribution in [3.05, 3.63) is 11.5 Å². The first kappa shape index (κ1) is 8.41. The number of fused-ring (bicyclic) bond motifs is 1. The van der Waals surface area contributed by atoms with E-state index in [0.717, 1.165) is 25.8 Å². The summed E-state index contributed by atoms with van der Waals surface area (Å²) in [5, 5.41) is 12.5. The van der Waals surface area contributed by atoms with Crippen LogP contribution >= 0.6 is 0 Å². The Morgan fingerprint density at radius 1 is 1.54 bits per heavy atom. The summed E-state index contributed by atoms with van der Waals surface area (Å²) >= 11 is 0. The lowest BCUT2D eigenvalue weighted by Crippen LogP contribution is -2.40. The van der Waals surface area contributed by atoms with Gasteiger partial charge in [-0.15, -0.1) is 0 Å². The van der Waals surface area contributed by atoms with Gasteiger partial charge in [-0.05, 0) is 19.3 Å². The fourth-order valence-electron chi connectivity index (χ4n) is 2.11. The molecule has 4 nitrogen and oxygen atoms in total. The number of carbonyl (C=O) groups excluding carboxylic acids is 1. The average molecular weight is 182 g/mol. The highest BCUT2D eigenvalue weighted by Gasteiger charge is 2.39. The minimum absolute atomic E-state index is 0.0512. The standard InChI is InChI=1S/C9H14N2O2/c1-10-7-8(12)6-4-2-3-5-11(6)9(7)13/h6,10,12H,2-5H2,1H3. The van der Waals surface area contributed by atoms with Crippen LogP contribution in [-0.4, -0.2) is 35.5 Å². The van der Waals surface area contributed by atoms with Crippen LogP contribution < -0.4 is 5.32 Å². The van der Waals surface area contributed by atoms with Gasteiger partial charge in [0, 0.05) is 13.6 Å². The number of amides is 1. The molecule has 0 saturated carbocycles. The summed E-state index contributed by atoms with van der Waals surface area (Å²) in [6.45, 7) is 0.777. The van der Waals surface area contributed by atoms with Crippen molar-refractivity contribution in [2.45, 2.75) is 25.3 Å². The van der Waals surface area contributed by atoms with Crippen LogP contribution in [0.4, 0.5) is 0 Å². The Morgan fingerprint density at radius 2 is 2.31 bits per heavy atom. The summed E-state index contributed by atoms with van der Waals surface area (Å²) in [4.78, 5) is 13.4. The molecule has 0 aromatic carbocycles. The molecule has 0 radical (unpaired) electrons. The monoisotopic (exact) mass is 182 g/mol. The number of likely N-dealkylation sites (N-methyl/N-ethyl adjacent to an activating group) is 1. The van der Waals surface area contributed by atoms with Crippen LogP contribution in [0.1, 0.15) is 19.3 Å². The van der Waals surface area contributed by atoms with Crippen LogP contribution in [0.2, 0.25) is 0 Å². The van der Waals surface area contributed by atoms with Crippen LogP contribution in [-0.2, 0) is 4.79 Å². The highest BCUT2D eigenvalue weighted by Crippen LogP contribution is 2.29. The third-order valence-corrected chi connectivity index (χ3v) is 2.80. The molecule has 0 spiro atoms. The SMILES string of the molecule is CNC1=C(O)C2CCCCN2C1=O. The van der Waals surface area contributed by atoms with Gasteiger partial charge in [0.15, 0.2) is 0 Å². The number of piperidine rings is 1. The van der Waals surface area contributed by atoms with Crippen LogP contribution in [0.3, 0.4) is 0 Å². The number of nitrogens with one attached hydrogen (secondary N) is 1. The quantitative estimate of drug-likeness (QED) is 0.616. The van der Waals surface area contributed by atoms with Gasteiger partial charge in [-0.3, -0.25) is 4.79 Å². The van der Waals surface area contributed by atoms with Crippen molar-refractivity contribution < 1.29 is 9.90 Å². The van der Waals surface area contributed by atoms with Crippen LogP contribution in [0.5, 0.6) is 0 Å². The molecule has 1 saturated heterocycles. The Labute approximate surface area is 77.2 Å². The van der Waals surface area contributed by atoms with Crippen molar-refractivity contribution in [1.82, 2.24) is 10.2 Å². The van der Waals surface area contributed by atoms with Gasteiger partial charge in [-0.2, -0.15) is 0 Å². The number of hydrogen-bond donors (Lipinski definition) is 2. The average Bonchev–Trinajstić information content (AvgIpc) is 2.41. The lowest BCUT2D eigenvalue weighted by Gasteiger charge is -2.29.